The highest BCUT2D eigenvalue weighted by Crippen LogP contribution is 2.46. The topological polar surface area (TPSA) is 55.3 Å². The van der Waals surface area contributed by atoms with E-state index >= 15 is 0 Å². The highest BCUT2D eigenvalue weighted by atomic mass is 16.5. The molecule has 5 heteroatoms. The van der Waals surface area contributed by atoms with Crippen LogP contribution in [0, 0.1) is 5.92 Å². The summed E-state index contributed by atoms with van der Waals surface area (Å²) in [6, 6.07) is 9.35. The molecule has 0 radical (unpaired) electrons. The van der Waals surface area contributed by atoms with Gasteiger partial charge in [-0.3, -0.25) is 9.69 Å². The van der Waals surface area contributed by atoms with Gasteiger partial charge in [-0.2, -0.15) is 0 Å². The highest BCUT2D eigenvalue weighted by Gasteiger charge is 2.49. The number of carbonyl (C=O) groups is 1. The summed E-state index contributed by atoms with van der Waals surface area (Å²) in [6.45, 7) is 0. The SMILES string of the molecule is COC(=O)C1C(c2ccc(-c3cncnc3)cc2)CC2CCC1N2C. The first-order valence-corrected chi connectivity index (χ1v) is 8.84. The summed E-state index contributed by atoms with van der Waals surface area (Å²) < 4.78 is 5.15. The minimum atomic E-state index is -0.0836. The van der Waals surface area contributed by atoms with Gasteiger partial charge < -0.3 is 4.74 Å². The van der Waals surface area contributed by atoms with Gasteiger partial charge in [-0.1, -0.05) is 24.3 Å². The molecule has 2 aliphatic heterocycles. The van der Waals surface area contributed by atoms with E-state index in [1.54, 1.807) is 0 Å². The third kappa shape index (κ3) is 2.82. The lowest BCUT2D eigenvalue weighted by Crippen LogP contribution is -2.49. The van der Waals surface area contributed by atoms with E-state index in [-0.39, 0.29) is 17.8 Å². The van der Waals surface area contributed by atoms with Gasteiger partial charge >= 0.3 is 5.97 Å². The molecule has 1 aromatic heterocycles. The molecule has 25 heavy (non-hydrogen) atoms. The van der Waals surface area contributed by atoms with Crippen molar-refractivity contribution in [2.75, 3.05) is 14.2 Å². The van der Waals surface area contributed by atoms with Crippen LogP contribution in [0.2, 0.25) is 0 Å². The Balaban J connectivity index is 1.64. The summed E-state index contributed by atoms with van der Waals surface area (Å²) in [5.74, 6) is 0.0598. The van der Waals surface area contributed by atoms with E-state index in [2.05, 4.69) is 46.2 Å². The van der Waals surface area contributed by atoms with Gasteiger partial charge in [0.1, 0.15) is 6.33 Å². The molecule has 0 aliphatic carbocycles. The molecule has 2 fully saturated rings. The molecular formula is C20H23N3O2. The van der Waals surface area contributed by atoms with Gasteiger partial charge in [-0.05, 0) is 37.4 Å². The molecule has 0 saturated carbocycles. The summed E-state index contributed by atoms with van der Waals surface area (Å²) in [7, 11) is 3.64. The Hall–Kier alpha value is -2.27. The van der Waals surface area contributed by atoms with E-state index in [9.17, 15) is 4.79 Å². The molecule has 4 atom stereocenters. The van der Waals surface area contributed by atoms with Crippen molar-refractivity contribution in [2.24, 2.45) is 5.92 Å². The quantitative estimate of drug-likeness (QED) is 0.806. The van der Waals surface area contributed by atoms with Crippen LogP contribution in [0.15, 0.2) is 43.0 Å². The number of aromatic nitrogens is 2. The van der Waals surface area contributed by atoms with Crippen molar-refractivity contribution in [2.45, 2.75) is 37.3 Å². The summed E-state index contributed by atoms with van der Waals surface area (Å²) in [5, 5.41) is 0. The maximum absolute atomic E-state index is 12.5. The molecule has 130 valence electrons. The van der Waals surface area contributed by atoms with Crippen LogP contribution in [0.25, 0.3) is 11.1 Å². The van der Waals surface area contributed by atoms with Gasteiger partial charge in [-0.25, -0.2) is 9.97 Å². The van der Waals surface area contributed by atoms with Crippen LogP contribution >= 0.6 is 0 Å². The zero-order valence-corrected chi connectivity index (χ0v) is 14.6. The predicted molar refractivity (Wildman–Crippen MR) is 94.9 cm³/mol. The average Bonchev–Trinajstić information content (AvgIpc) is 2.90. The summed E-state index contributed by atoms with van der Waals surface area (Å²) >= 11 is 0. The Morgan fingerprint density at radius 2 is 1.84 bits per heavy atom. The number of hydrogen-bond donors (Lipinski definition) is 0. The monoisotopic (exact) mass is 337 g/mol. The molecule has 2 bridgehead atoms. The Bertz CT molecular complexity index is 747. The number of nitrogens with zero attached hydrogens (tertiary/aromatic N) is 3. The standard InChI is InChI=1S/C20H23N3O2/c1-23-16-7-8-18(23)19(20(24)25-2)17(9-16)14-5-3-13(4-6-14)15-10-21-12-22-11-15/h3-6,10-12,16-19H,7-9H2,1-2H3. The first kappa shape index (κ1) is 16.2. The molecule has 5 nitrogen and oxygen atoms in total. The third-order valence-corrected chi connectivity index (χ3v) is 5.97. The van der Waals surface area contributed by atoms with Gasteiger partial charge in [0.05, 0.1) is 13.0 Å². The minimum Gasteiger partial charge on any atom is -0.469 e. The van der Waals surface area contributed by atoms with Crippen molar-refractivity contribution >= 4 is 5.97 Å². The largest absolute Gasteiger partial charge is 0.469 e. The summed E-state index contributed by atoms with van der Waals surface area (Å²) in [4.78, 5) is 23.0. The first-order valence-electron chi connectivity index (χ1n) is 8.84. The van der Waals surface area contributed by atoms with Crippen LogP contribution in [0.3, 0.4) is 0 Å². The molecule has 0 amide bonds. The van der Waals surface area contributed by atoms with E-state index < -0.39 is 0 Å². The maximum Gasteiger partial charge on any atom is 0.310 e. The fourth-order valence-corrected chi connectivity index (χ4v) is 4.64. The van der Waals surface area contributed by atoms with Crippen LogP contribution < -0.4 is 0 Å². The normalized spacial score (nSPS) is 28.7. The lowest BCUT2D eigenvalue weighted by molar-refractivity contribution is -0.150. The number of hydrogen-bond acceptors (Lipinski definition) is 5. The smallest absolute Gasteiger partial charge is 0.310 e. The highest BCUT2D eigenvalue weighted by molar-refractivity contribution is 5.75. The minimum absolute atomic E-state index is 0.0808. The second-order valence-corrected chi connectivity index (χ2v) is 7.10. The third-order valence-electron chi connectivity index (χ3n) is 5.97. The average molecular weight is 337 g/mol. The number of piperidine rings is 1. The van der Waals surface area contributed by atoms with Gasteiger partial charge in [0, 0.05) is 36.0 Å². The van der Waals surface area contributed by atoms with Gasteiger partial charge in [0.2, 0.25) is 0 Å². The predicted octanol–water partition coefficient (Wildman–Crippen LogP) is 2.88. The van der Waals surface area contributed by atoms with Crippen molar-refractivity contribution in [3.05, 3.63) is 48.5 Å². The van der Waals surface area contributed by atoms with E-state index in [0.29, 0.717) is 12.1 Å². The fourth-order valence-electron chi connectivity index (χ4n) is 4.64. The number of rotatable bonds is 3. The van der Waals surface area contributed by atoms with Crippen molar-refractivity contribution in [3.8, 4) is 11.1 Å². The van der Waals surface area contributed by atoms with E-state index in [0.717, 1.165) is 24.0 Å². The second kappa shape index (κ2) is 6.56. The van der Waals surface area contributed by atoms with Gasteiger partial charge in [0.15, 0.2) is 0 Å². The van der Waals surface area contributed by atoms with Crippen LogP contribution in [0.1, 0.15) is 30.7 Å². The Kier molecular flexibility index (Phi) is 4.25. The molecule has 0 spiro atoms. The lowest BCUT2D eigenvalue weighted by Gasteiger charge is -2.41. The number of carbonyl (C=O) groups excluding carboxylic acids is 1. The number of benzene rings is 1. The fraction of sp³-hybridized carbons (Fsp3) is 0.450. The molecule has 1 aromatic carbocycles. The molecule has 0 N–H and O–H groups in total. The van der Waals surface area contributed by atoms with Crippen molar-refractivity contribution < 1.29 is 9.53 Å². The van der Waals surface area contributed by atoms with Crippen LogP contribution in [-0.4, -0.2) is 47.1 Å². The zero-order chi connectivity index (χ0) is 17.4. The summed E-state index contributed by atoms with van der Waals surface area (Å²) in [5.41, 5.74) is 3.32. The van der Waals surface area contributed by atoms with Crippen molar-refractivity contribution in [1.29, 1.82) is 0 Å². The Labute approximate surface area is 148 Å². The molecule has 2 aromatic rings. The van der Waals surface area contributed by atoms with Crippen molar-refractivity contribution in [3.63, 3.8) is 0 Å². The number of esters is 1. The van der Waals surface area contributed by atoms with Gasteiger partial charge in [-0.15, -0.1) is 0 Å². The van der Waals surface area contributed by atoms with E-state index in [1.807, 2.05) is 12.4 Å². The molecular weight excluding hydrogens is 314 g/mol. The molecule has 4 unspecified atom stereocenters. The molecule has 4 rings (SSSR count). The number of ether oxygens (including phenoxy) is 1. The molecule has 2 saturated heterocycles. The Morgan fingerprint density at radius 1 is 1.12 bits per heavy atom. The lowest BCUT2D eigenvalue weighted by atomic mass is 9.76. The van der Waals surface area contributed by atoms with Crippen LogP contribution in [0.5, 0.6) is 0 Å². The Morgan fingerprint density at radius 3 is 2.52 bits per heavy atom. The first-order chi connectivity index (χ1) is 12.2. The second-order valence-electron chi connectivity index (χ2n) is 7.10. The zero-order valence-electron chi connectivity index (χ0n) is 14.6. The van der Waals surface area contributed by atoms with Crippen LogP contribution in [0.4, 0.5) is 0 Å². The van der Waals surface area contributed by atoms with Gasteiger partial charge in [0.25, 0.3) is 0 Å². The number of methoxy groups -OCH3 is 1. The van der Waals surface area contributed by atoms with E-state index in [1.165, 1.54) is 25.4 Å². The van der Waals surface area contributed by atoms with Crippen molar-refractivity contribution in [1.82, 2.24) is 14.9 Å². The number of fused-ring (bicyclic) bond motifs is 2. The molecule has 2 aliphatic rings. The summed E-state index contributed by atoms with van der Waals surface area (Å²) in [6.07, 6.45) is 8.43. The van der Waals surface area contributed by atoms with E-state index in [4.69, 9.17) is 4.74 Å². The maximum atomic E-state index is 12.5. The van der Waals surface area contributed by atoms with Crippen LogP contribution in [-0.2, 0) is 9.53 Å². The molecule has 3 heterocycles.